The van der Waals surface area contributed by atoms with Gasteiger partial charge in [0.2, 0.25) is 0 Å². The van der Waals surface area contributed by atoms with Crippen LogP contribution in [0.15, 0.2) is 47.4 Å². The molecule has 0 aromatic heterocycles. The van der Waals surface area contributed by atoms with Gasteiger partial charge in [-0.1, -0.05) is 0 Å². The van der Waals surface area contributed by atoms with Crippen molar-refractivity contribution >= 4 is 33.1 Å². The van der Waals surface area contributed by atoms with Gasteiger partial charge in [0.15, 0.2) is 15.8 Å². The maximum absolute atomic E-state index is 12.1. The number of ether oxygens (including phenoxy) is 1. The molecule has 25 heavy (non-hydrogen) atoms. The molecule has 0 bridgehead atoms. The Morgan fingerprint density at radius 2 is 1.80 bits per heavy atom. The Hall–Kier alpha value is -3.07. The molecule has 0 aliphatic rings. The summed E-state index contributed by atoms with van der Waals surface area (Å²) in [5, 5.41) is 12.2. The molecule has 132 valence electrons. The molecule has 0 atom stereocenters. The molecule has 0 saturated carbocycles. The van der Waals surface area contributed by atoms with Gasteiger partial charge in [0, 0.05) is 17.5 Å². The van der Waals surface area contributed by atoms with Crippen molar-refractivity contribution in [2.75, 3.05) is 18.7 Å². The van der Waals surface area contributed by atoms with Crippen LogP contribution in [0.5, 0.6) is 5.75 Å². The number of methoxy groups -OCH3 is 1. The Balaban J connectivity index is 2.40. The topological polar surface area (TPSA) is 134 Å². The van der Waals surface area contributed by atoms with E-state index in [4.69, 9.17) is 15.9 Å². The molecule has 9 heteroatoms. The van der Waals surface area contributed by atoms with Gasteiger partial charge < -0.3 is 15.8 Å². The summed E-state index contributed by atoms with van der Waals surface area (Å²) in [4.78, 5) is 11.9. The van der Waals surface area contributed by atoms with E-state index in [0.717, 1.165) is 6.26 Å². The van der Waals surface area contributed by atoms with Crippen LogP contribution in [0.2, 0.25) is 0 Å². The van der Waals surface area contributed by atoms with Crippen molar-refractivity contribution in [3.8, 4) is 5.75 Å². The number of hydrogen-bond acceptors (Lipinski definition) is 6. The first-order valence-corrected chi connectivity index (χ1v) is 9.00. The molecule has 0 fully saturated rings. The lowest BCUT2D eigenvalue weighted by Crippen LogP contribution is -2.35. The van der Waals surface area contributed by atoms with E-state index in [1.807, 2.05) is 0 Å². The maximum Gasteiger partial charge on any atom is 0.257 e. The second kappa shape index (κ2) is 7.22. The molecule has 0 aliphatic heterocycles. The number of carbonyl (C=O) groups excluding carboxylic acids is 1. The zero-order valence-corrected chi connectivity index (χ0v) is 14.5. The molecule has 8 nitrogen and oxygen atoms in total. The summed E-state index contributed by atoms with van der Waals surface area (Å²) >= 11 is 0. The van der Waals surface area contributed by atoms with Crippen molar-refractivity contribution < 1.29 is 17.9 Å². The fourth-order valence-corrected chi connectivity index (χ4v) is 2.96. The summed E-state index contributed by atoms with van der Waals surface area (Å²) in [5.74, 6) is -0.509. The lowest BCUT2D eigenvalue weighted by Gasteiger charge is -2.13. The second-order valence-electron chi connectivity index (χ2n) is 5.20. The number of benzene rings is 2. The Labute approximate surface area is 145 Å². The van der Waals surface area contributed by atoms with Gasteiger partial charge in [-0.05, 0) is 42.5 Å². The van der Waals surface area contributed by atoms with Crippen LogP contribution in [0.25, 0.3) is 0 Å². The predicted molar refractivity (Wildman–Crippen MR) is 95.2 cm³/mol. The SMILES string of the molecule is COc1ccc(Nc2ccc(C(=O)NC(=N)N)cc2S(C)(=O)=O)cc1. The van der Waals surface area contributed by atoms with Gasteiger partial charge in [-0.2, -0.15) is 0 Å². The number of hydrogen-bond donors (Lipinski definition) is 4. The van der Waals surface area contributed by atoms with E-state index >= 15 is 0 Å². The highest BCUT2D eigenvalue weighted by Crippen LogP contribution is 2.27. The van der Waals surface area contributed by atoms with Gasteiger partial charge >= 0.3 is 0 Å². The third kappa shape index (κ3) is 4.70. The molecule has 0 saturated heterocycles. The second-order valence-corrected chi connectivity index (χ2v) is 7.19. The summed E-state index contributed by atoms with van der Waals surface area (Å²) in [5.41, 5.74) is 6.19. The maximum atomic E-state index is 12.1. The van der Waals surface area contributed by atoms with Crippen molar-refractivity contribution in [1.82, 2.24) is 5.32 Å². The summed E-state index contributed by atoms with van der Waals surface area (Å²) in [6.07, 6.45) is 1.05. The van der Waals surface area contributed by atoms with E-state index in [2.05, 4.69) is 10.6 Å². The molecule has 5 N–H and O–H groups in total. The summed E-state index contributed by atoms with van der Waals surface area (Å²) in [7, 11) is -2.05. The van der Waals surface area contributed by atoms with Crippen molar-refractivity contribution in [2.45, 2.75) is 4.90 Å². The number of nitrogens with one attached hydrogen (secondary N) is 3. The van der Waals surface area contributed by atoms with E-state index in [-0.39, 0.29) is 10.5 Å². The highest BCUT2D eigenvalue weighted by molar-refractivity contribution is 7.90. The summed E-state index contributed by atoms with van der Waals surface area (Å²) in [6, 6.07) is 11.1. The average molecular weight is 362 g/mol. The largest absolute Gasteiger partial charge is 0.497 e. The molecule has 0 heterocycles. The molecule has 2 aromatic rings. The fourth-order valence-electron chi connectivity index (χ4n) is 2.10. The first-order valence-electron chi connectivity index (χ1n) is 7.11. The van der Waals surface area contributed by atoms with E-state index in [9.17, 15) is 13.2 Å². The molecule has 0 unspecified atom stereocenters. The molecular formula is C16H18N4O4S. The van der Waals surface area contributed by atoms with Gasteiger partial charge in [0.1, 0.15) is 5.75 Å². The van der Waals surface area contributed by atoms with Crippen molar-refractivity contribution in [3.05, 3.63) is 48.0 Å². The smallest absolute Gasteiger partial charge is 0.257 e. The third-order valence-electron chi connectivity index (χ3n) is 3.26. The Morgan fingerprint density at radius 3 is 2.32 bits per heavy atom. The van der Waals surface area contributed by atoms with Crippen molar-refractivity contribution in [3.63, 3.8) is 0 Å². The molecule has 0 radical (unpaired) electrons. The van der Waals surface area contributed by atoms with E-state index in [1.54, 1.807) is 31.4 Å². The minimum atomic E-state index is -3.60. The van der Waals surface area contributed by atoms with Gasteiger partial charge in [0.25, 0.3) is 5.91 Å². The van der Waals surface area contributed by atoms with Crippen LogP contribution in [-0.4, -0.2) is 33.7 Å². The zero-order chi connectivity index (χ0) is 18.6. The molecule has 0 aliphatic carbocycles. The standard InChI is InChI=1S/C16H18N4O4S/c1-24-12-6-4-11(5-7-12)19-13-8-3-10(15(21)20-16(17)18)9-14(13)25(2,22)23/h3-9,19H,1-2H3,(H4,17,18,20,21). The van der Waals surface area contributed by atoms with E-state index < -0.39 is 21.7 Å². The molecule has 1 amide bonds. The average Bonchev–Trinajstić information content (AvgIpc) is 2.54. The first-order chi connectivity index (χ1) is 11.7. The first kappa shape index (κ1) is 18.3. The lowest BCUT2D eigenvalue weighted by atomic mass is 10.2. The van der Waals surface area contributed by atoms with Gasteiger partial charge in [-0.25, -0.2) is 8.42 Å². The minimum absolute atomic E-state index is 0.0421. The highest BCUT2D eigenvalue weighted by atomic mass is 32.2. The Bertz CT molecular complexity index is 908. The van der Waals surface area contributed by atoms with Crippen LogP contribution < -0.4 is 21.1 Å². The van der Waals surface area contributed by atoms with Gasteiger partial charge in [0.05, 0.1) is 17.7 Å². The van der Waals surface area contributed by atoms with Crippen LogP contribution in [0.3, 0.4) is 0 Å². The normalized spacial score (nSPS) is 10.8. The van der Waals surface area contributed by atoms with Crippen LogP contribution in [0.4, 0.5) is 11.4 Å². The lowest BCUT2D eigenvalue weighted by molar-refractivity contribution is 0.0976. The van der Waals surface area contributed by atoms with Gasteiger partial charge in [-0.15, -0.1) is 0 Å². The number of guanidine groups is 1. The highest BCUT2D eigenvalue weighted by Gasteiger charge is 2.17. The quantitative estimate of drug-likeness (QED) is 0.470. The summed E-state index contributed by atoms with van der Waals surface area (Å²) in [6.45, 7) is 0. The van der Waals surface area contributed by atoms with Crippen LogP contribution in [-0.2, 0) is 9.84 Å². The molecular weight excluding hydrogens is 344 g/mol. The molecule has 2 aromatic carbocycles. The molecule has 2 rings (SSSR count). The number of nitrogens with two attached hydrogens (primary N) is 1. The molecule has 0 spiro atoms. The van der Waals surface area contributed by atoms with Gasteiger partial charge in [-0.3, -0.25) is 15.5 Å². The fraction of sp³-hybridized carbons (Fsp3) is 0.125. The number of rotatable bonds is 5. The van der Waals surface area contributed by atoms with Crippen molar-refractivity contribution in [1.29, 1.82) is 5.41 Å². The van der Waals surface area contributed by atoms with E-state index in [1.165, 1.54) is 18.2 Å². The third-order valence-corrected chi connectivity index (χ3v) is 4.40. The number of amides is 1. The number of carbonyl (C=O) groups is 1. The minimum Gasteiger partial charge on any atom is -0.497 e. The van der Waals surface area contributed by atoms with Crippen molar-refractivity contribution in [2.24, 2.45) is 5.73 Å². The zero-order valence-electron chi connectivity index (χ0n) is 13.7. The van der Waals surface area contributed by atoms with Crippen LogP contribution in [0, 0.1) is 5.41 Å². The Morgan fingerprint density at radius 1 is 1.16 bits per heavy atom. The van der Waals surface area contributed by atoms with Crippen LogP contribution >= 0.6 is 0 Å². The number of anilines is 2. The summed E-state index contributed by atoms with van der Waals surface area (Å²) < 4.78 is 29.2. The predicted octanol–water partition coefficient (Wildman–Crippen LogP) is 1.47. The Kier molecular flexibility index (Phi) is 5.28. The van der Waals surface area contributed by atoms with E-state index in [0.29, 0.717) is 17.1 Å². The van der Waals surface area contributed by atoms with Crippen LogP contribution in [0.1, 0.15) is 10.4 Å². The monoisotopic (exact) mass is 362 g/mol. The number of sulfone groups is 1.